The van der Waals surface area contributed by atoms with Gasteiger partial charge in [0.25, 0.3) is 0 Å². The molecule has 19 heavy (non-hydrogen) atoms. The largest absolute Gasteiger partial charge is 0.363 e. The second kappa shape index (κ2) is 6.76. The molecular weight excluding hydrogens is 232 g/mol. The second-order valence-electron chi connectivity index (χ2n) is 5.91. The maximum absolute atomic E-state index is 3.86. The van der Waals surface area contributed by atoms with E-state index in [2.05, 4.69) is 68.8 Å². The Morgan fingerprint density at radius 2 is 1.84 bits per heavy atom. The fourth-order valence-electron chi connectivity index (χ4n) is 2.39. The summed E-state index contributed by atoms with van der Waals surface area (Å²) in [5.41, 5.74) is 2.70. The molecule has 0 amide bonds. The number of nitrogens with one attached hydrogen (secondary N) is 1. The van der Waals surface area contributed by atoms with E-state index in [4.69, 9.17) is 0 Å². The lowest BCUT2D eigenvalue weighted by Gasteiger charge is -2.37. The molecule has 0 spiro atoms. The maximum Gasteiger partial charge on any atom is 0.0373 e. The molecule has 0 aliphatic carbocycles. The van der Waals surface area contributed by atoms with E-state index in [9.17, 15) is 0 Å². The molecule has 0 aliphatic heterocycles. The van der Waals surface area contributed by atoms with E-state index in [0.29, 0.717) is 6.04 Å². The van der Waals surface area contributed by atoms with Gasteiger partial charge in [0.1, 0.15) is 0 Å². The van der Waals surface area contributed by atoms with Gasteiger partial charge in [0, 0.05) is 23.8 Å². The summed E-state index contributed by atoms with van der Waals surface area (Å²) >= 11 is 0. The normalized spacial score (nSPS) is 13.1. The molecule has 0 saturated heterocycles. The SMILES string of the molecule is C=CCN(c1ccc(C(CC)NC)cc1)C(C)(C)C. The predicted octanol–water partition coefficient (Wildman–Crippen LogP) is 4.15. The standard InChI is InChI=1S/C17H28N2/c1-7-13-19(17(3,4)5)15-11-9-14(10-12-15)16(8-2)18-6/h7,9-12,16,18H,1,8,13H2,2-6H3. The third-order valence-electron chi connectivity index (χ3n) is 3.49. The fraction of sp³-hybridized carbons (Fsp3) is 0.529. The van der Waals surface area contributed by atoms with E-state index in [0.717, 1.165) is 13.0 Å². The summed E-state index contributed by atoms with van der Waals surface area (Å²) in [6.07, 6.45) is 3.06. The average Bonchev–Trinajstić information content (AvgIpc) is 2.37. The van der Waals surface area contributed by atoms with Gasteiger partial charge in [-0.1, -0.05) is 25.1 Å². The van der Waals surface area contributed by atoms with Crippen LogP contribution in [-0.4, -0.2) is 19.1 Å². The van der Waals surface area contributed by atoms with E-state index < -0.39 is 0 Å². The minimum Gasteiger partial charge on any atom is -0.363 e. The van der Waals surface area contributed by atoms with Crippen molar-refractivity contribution in [1.29, 1.82) is 0 Å². The van der Waals surface area contributed by atoms with Crippen molar-refractivity contribution in [3.05, 3.63) is 42.5 Å². The molecule has 0 saturated carbocycles. The number of hydrogen-bond donors (Lipinski definition) is 1. The van der Waals surface area contributed by atoms with Crippen molar-refractivity contribution in [2.75, 3.05) is 18.5 Å². The van der Waals surface area contributed by atoms with Crippen molar-refractivity contribution in [2.24, 2.45) is 0 Å². The summed E-state index contributed by atoms with van der Waals surface area (Å²) in [6.45, 7) is 13.6. The molecule has 2 heteroatoms. The van der Waals surface area contributed by atoms with Crippen LogP contribution in [0.25, 0.3) is 0 Å². The molecule has 1 unspecified atom stereocenters. The average molecular weight is 260 g/mol. The molecule has 0 bridgehead atoms. The quantitative estimate of drug-likeness (QED) is 0.773. The van der Waals surface area contributed by atoms with Gasteiger partial charge in [-0.05, 0) is 51.9 Å². The van der Waals surface area contributed by atoms with Gasteiger partial charge in [0.2, 0.25) is 0 Å². The molecule has 0 heterocycles. The lowest BCUT2D eigenvalue weighted by molar-refractivity contribution is 0.522. The number of rotatable bonds is 6. The number of hydrogen-bond acceptors (Lipinski definition) is 2. The lowest BCUT2D eigenvalue weighted by Crippen LogP contribution is -2.41. The van der Waals surface area contributed by atoms with Gasteiger partial charge in [-0.25, -0.2) is 0 Å². The third kappa shape index (κ3) is 4.10. The van der Waals surface area contributed by atoms with Gasteiger partial charge < -0.3 is 10.2 Å². The first kappa shape index (κ1) is 15.8. The van der Waals surface area contributed by atoms with Gasteiger partial charge >= 0.3 is 0 Å². The fourth-order valence-corrected chi connectivity index (χ4v) is 2.39. The number of nitrogens with zero attached hydrogens (tertiary/aromatic N) is 1. The van der Waals surface area contributed by atoms with E-state index >= 15 is 0 Å². The minimum absolute atomic E-state index is 0.100. The third-order valence-corrected chi connectivity index (χ3v) is 3.49. The zero-order chi connectivity index (χ0) is 14.5. The molecule has 1 aromatic rings. The summed E-state index contributed by atoms with van der Waals surface area (Å²) in [6, 6.07) is 9.31. The molecule has 0 fully saturated rings. The first-order valence-corrected chi connectivity index (χ1v) is 7.09. The molecule has 0 aliphatic rings. The van der Waals surface area contributed by atoms with Crippen molar-refractivity contribution in [3.63, 3.8) is 0 Å². The van der Waals surface area contributed by atoms with Gasteiger partial charge in [0.05, 0.1) is 0 Å². The Hall–Kier alpha value is -1.28. The van der Waals surface area contributed by atoms with Crippen LogP contribution in [0.2, 0.25) is 0 Å². The summed E-state index contributed by atoms with van der Waals surface area (Å²) in [5, 5.41) is 3.34. The van der Waals surface area contributed by atoms with Crippen LogP contribution in [0.4, 0.5) is 5.69 Å². The Labute approximate surface area is 118 Å². The Morgan fingerprint density at radius 1 is 1.26 bits per heavy atom. The lowest BCUT2D eigenvalue weighted by atomic mass is 10.0. The molecule has 2 nitrogen and oxygen atoms in total. The highest BCUT2D eigenvalue weighted by Crippen LogP contribution is 2.26. The van der Waals surface area contributed by atoms with E-state index in [1.807, 2.05) is 13.1 Å². The zero-order valence-corrected chi connectivity index (χ0v) is 13.0. The van der Waals surface area contributed by atoms with Crippen LogP contribution in [0.5, 0.6) is 0 Å². The Balaban J connectivity index is 2.98. The number of benzene rings is 1. The topological polar surface area (TPSA) is 15.3 Å². The van der Waals surface area contributed by atoms with E-state index in [-0.39, 0.29) is 5.54 Å². The molecule has 0 radical (unpaired) electrons. The van der Waals surface area contributed by atoms with Crippen LogP contribution in [0.1, 0.15) is 45.7 Å². The van der Waals surface area contributed by atoms with Crippen molar-refractivity contribution in [2.45, 2.75) is 45.7 Å². The number of anilines is 1. The molecule has 106 valence electrons. The van der Waals surface area contributed by atoms with Crippen LogP contribution < -0.4 is 10.2 Å². The van der Waals surface area contributed by atoms with Gasteiger partial charge in [-0.3, -0.25) is 0 Å². The predicted molar refractivity (Wildman–Crippen MR) is 85.8 cm³/mol. The molecule has 1 rings (SSSR count). The van der Waals surface area contributed by atoms with Crippen molar-refractivity contribution in [1.82, 2.24) is 5.32 Å². The highest BCUT2D eigenvalue weighted by atomic mass is 15.2. The van der Waals surface area contributed by atoms with Crippen molar-refractivity contribution < 1.29 is 0 Å². The first-order chi connectivity index (χ1) is 8.93. The summed E-state index contributed by atoms with van der Waals surface area (Å²) < 4.78 is 0. The monoisotopic (exact) mass is 260 g/mol. The minimum atomic E-state index is 0.100. The molecule has 0 aromatic heterocycles. The Morgan fingerprint density at radius 3 is 2.21 bits per heavy atom. The van der Waals surface area contributed by atoms with Crippen molar-refractivity contribution in [3.8, 4) is 0 Å². The van der Waals surface area contributed by atoms with Crippen LogP contribution in [-0.2, 0) is 0 Å². The molecule has 1 aromatic carbocycles. The zero-order valence-electron chi connectivity index (χ0n) is 13.0. The molecular formula is C17H28N2. The van der Waals surface area contributed by atoms with Crippen LogP contribution >= 0.6 is 0 Å². The van der Waals surface area contributed by atoms with Crippen molar-refractivity contribution >= 4 is 5.69 Å². The second-order valence-corrected chi connectivity index (χ2v) is 5.91. The molecule has 1 N–H and O–H groups in total. The van der Waals surface area contributed by atoms with Gasteiger partial charge in [-0.2, -0.15) is 0 Å². The van der Waals surface area contributed by atoms with E-state index in [1.165, 1.54) is 11.3 Å². The summed E-state index contributed by atoms with van der Waals surface area (Å²) in [4.78, 5) is 2.37. The van der Waals surface area contributed by atoms with Crippen LogP contribution in [0, 0.1) is 0 Å². The summed E-state index contributed by atoms with van der Waals surface area (Å²) in [5.74, 6) is 0. The Bertz CT molecular complexity index is 383. The first-order valence-electron chi connectivity index (χ1n) is 7.09. The maximum atomic E-state index is 3.86. The van der Waals surface area contributed by atoms with Crippen LogP contribution in [0.3, 0.4) is 0 Å². The highest BCUT2D eigenvalue weighted by Gasteiger charge is 2.20. The summed E-state index contributed by atoms with van der Waals surface area (Å²) in [7, 11) is 2.02. The van der Waals surface area contributed by atoms with Gasteiger partial charge in [0.15, 0.2) is 0 Å². The Kier molecular flexibility index (Phi) is 5.61. The van der Waals surface area contributed by atoms with Gasteiger partial charge in [-0.15, -0.1) is 6.58 Å². The smallest absolute Gasteiger partial charge is 0.0373 e. The van der Waals surface area contributed by atoms with E-state index in [1.54, 1.807) is 0 Å². The highest BCUT2D eigenvalue weighted by molar-refractivity contribution is 5.50. The molecule has 1 atom stereocenters. The van der Waals surface area contributed by atoms with Crippen LogP contribution in [0.15, 0.2) is 36.9 Å².